The molecule has 35 heavy (non-hydrogen) atoms. The van der Waals surface area contributed by atoms with E-state index in [0.717, 1.165) is 28.7 Å². The van der Waals surface area contributed by atoms with Gasteiger partial charge in [0.15, 0.2) is 0 Å². The fourth-order valence-corrected chi connectivity index (χ4v) is 5.74. The first kappa shape index (κ1) is 24.7. The molecule has 9 heteroatoms. The van der Waals surface area contributed by atoms with E-state index in [-0.39, 0.29) is 22.8 Å². The Kier molecular flexibility index (Phi) is 7.37. The number of furan rings is 1. The standard InChI is InChI=1S/C26H29N3O5S/c1-3-24-23(22-6-4-5-7-25(22)34-24)12-13-26(31)28-20-14-16-29(17-15-20)35(32,33)21-10-8-19(9-11-21)27-18(2)30/h4-13,20H,3,14-17H2,1-2H3,(H,27,30)(H,28,31)/b13-12+. The Morgan fingerprint density at radius 3 is 2.43 bits per heavy atom. The number of hydrogen-bond acceptors (Lipinski definition) is 5. The number of para-hydroxylation sites is 1. The predicted molar refractivity (Wildman–Crippen MR) is 135 cm³/mol. The maximum absolute atomic E-state index is 13.0. The average Bonchev–Trinajstić information content (AvgIpc) is 3.21. The SMILES string of the molecule is CCc1oc2ccccc2c1/C=C/C(=O)NC1CCN(S(=O)(=O)c2ccc(NC(C)=O)cc2)CC1. The van der Waals surface area contributed by atoms with E-state index in [4.69, 9.17) is 4.42 Å². The lowest BCUT2D eigenvalue weighted by Gasteiger charge is -2.31. The maximum Gasteiger partial charge on any atom is 0.244 e. The van der Waals surface area contributed by atoms with Crippen LogP contribution in [0.5, 0.6) is 0 Å². The summed E-state index contributed by atoms with van der Waals surface area (Å²) in [7, 11) is -3.64. The van der Waals surface area contributed by atoms with E-state index in [1.807, 2.05) is 31.2 Å². The molecule has 0 aliphatic carbocycles. The first-order valence-electron chi connectivity index (χ1n) is 11.6. The van der Waals surface area contributed by atoms with Crippen molar-refractivity contribution in [1.29, 1.82) is 0 Å². The van der Waals surface area contributed by atoms with Crippen LogP contribution in [0.3, 0.4) is 0 Å². The van der Waals surface area contributed by atoms with Gasteiger partial charge in [-0.05, 0) is 49.2 Å². The molecular formula is C26H29N3O5S. The molecular weight excluding hydrogens is 466 g/mol. The molecule has 4 rings (SSSR count). The number of hydrogen-bond donors (Lipinski definition) is 2. The molecule has 2 N–H and O–H groups in total. The van der Waals surface area contributed by atoms with E-state index in [9.17, 15) is 18.0 Å². The summed E-state index contributed by atoms with van der Waals surface area (Å²) in [4.78, 5) is 23.9. The number of benzene rings is 2. The zero-order chi connectivity index (χ0) is 25.0. The normalized spacial score (nSPS) is 15.5. The molecule has 0 unspecified atom stereocenters. The number of aryl methyl sites for hydroxylation is 1. The Balaban J connectivity index is 1.34. The summed E-state index contributed by atoms with van der Waals surface area (Å²) in [5.74, 6) is 0.398. The summed E-state index contributed by atoms with van der Waals surface area (Å²) in [6.45, 7) is 4.03. The minimum atomic E-state index is -3.64. The number of nitrogens with one attached hydrogen (secondary N) is 2. The first-order valence-corrected chi connectivity index (χ1v) is 13.1. The van der Waals surface area contributed by atoms with Crippen LogP contribution >= 0.6 is 0 Å². The molecule has 8 nitrogen and oxygen atoms in total. The molecule has 0 saturated carbocycles. The average molecular weight is 496 g/mol. The third-order valence-electron chi connectivity index (χ3n) is 6.05. The van der Waals surface area contributed by atoms with Gasteiger partial charge in [0.05, 0.1) is 4.90 Å². The Morgan fingerprint density at radius 1 is 1.09 bits per heavy atom. The van der Waals surface area contributed by atoms with Crippen LogP contribution < -0.4 is 10.6 Å². The lowest BCUT2D eigenvalue weighted by Crippen LogP contribution is -2.46. The van der Waals surface area contributed by atoms with E-state index in [1.165, 1.54) is 29.4 Å². The molecule has 1 aliphatic rings. The highest BCUT2D eigenvalue weighted by Crippen LogP contribution is 2.27. The smallest absolute Gasteiger partial charge is 0.244 e. The number of carbonyl (C=O) groups is 2. The largest absolute Gasteiger partial charge is 0.460 e. The van der Waals surface area contributed by atoms with Crippen LogP contribution in [-0.4, -0.2) is 43.7 Å². The molecule has 1 aliphatic heterocycles. The maximum atomic E-state index is 13.0. The van der Waals surface area contributed by atoms with Crippen LogP contribution in [0.15, 0.2) is 63.9 Å². The van der Waals surface area contributed by atoms with Gasteiger partial charge in [-0.1, -0.05) is 25.1 Å². The van der Waals surface area contributed by atoms with Gasteiger partial charge in [-0.25, -0.2) is 8.42 Å². The Bertz CT molecular complexity index is 1350. The molecule has 0 radical (unpaired) electrons. The number of fused-ring (bicyclic) bond motifs is 1. The molecule has 2 amide bonds. The molecule has 184 valence electrons. The third-order valence-corrected chi connectivity index (χ3v) is 7.96. The zero-order valence-corrected chi connectivity index (χ0v) is 20.6. The minimum absolute atomic E-state index is 0.104. The van der Waals surface area contributed by atoms with Gasteiger partial charge in [-0.3, -0.25) is 9.59 Å². The van der Waals surface area contributed by atoms with Gasteiger partial charge in [-0.15, -0.1) is 0 Å². The molecule has 0 spiro atoms. The summed E-state index contributed by atoms with van der Waals surface area (Å²) in [5, 5.41) is 6.58. The van der Waals surface area contributed by atoms with Crippen LogP contribution in [0.2, 0.25) is 0 Å². The fraction of sp³-hybridized carbons (Fsp3) is 0.308. The number of rotatable bonds is 7. The van der Waals surface area contributed by atoms with Crippen molar-refractivity contribution in [2.24, 2.45) is 0 Å². The number of amides is 2. The summed E-state index contributed by atoms with van der Waals surface area (Å²) in [6, 6.07) is 13.7. The zero-order valence-electron chi connectivity index (χ0n) is 19.8. The van der Waals surface area contributed by atoms with Crippen LogP contribution in [-0.2, 0) is 26.0 Å². The Labute approximate surface area is 205 Å². The second-order valence-electron chi connectivity index (χ2n) is 8.51. The van der Waals surface area contributed by atoms with Crippen molar-refractivity contribution >= 4 is 44.6 Å². The van der Waals surface area contributed by atoms with E-state index >= 15 is 0 Å². The lowest BCUT2D eigenvalue weighted by molar-refractivity contribution is -0.117. The quantitative estimate of drug-likeness (QED) is 0.483. The lowest BCUT2D eigenvalue weighted by atomic mass is 10.1. The molecule has 0 bridgehead atoms. The van der Waals surface area contributed by atoms with Crippen molar-refractivity contribution in [2.45, 2.75) is 44.0 Å². The molecule has 2 heterocycles. The van der Waals surface area contributed by atoms with Crippen molar-refractivity contribution in [3.05, 3.63) is 65.9 Å². The Morgan fingerprint density at radius 2 is 1.77 bits per heavy atom. The van der Waals surface area contributed by atoms with Crippen LogP contribution in [0, 0.1) is 0 Å². The highest BCUT2D eigenvalue weighted by molar-refractivity contribution is 7.89. The van der Waals surface area contributed by atoms with Gasteiger partial charge in [0, 0.05) is 55.2 Å². The van der Waals surface area contributed by atoms with Gasteiger partial charge < -0.3 is 15.1 Å². The monoisotopic (exact) mass is 495 g/mol. The van der Waals surface area contributed by atoms with E-state index in [0.29, 0.717) is 31.6 Å². The van der Waals surface area contributed by atoms with Gasteiger partial charge in [0.1, 0.15) is 11.3 Å². The molecule has 2 aromatic carbocycles. The first-order chi connectivity index (χ1) is 16.8. The second-order valence-corrected chi connectivity index (χ2v) is 10.5. The highest BCUT2D eigenvalue weighted by atomic mass is 32.2. The summed E-state index contributed by atoms with van der Waals surface area (Å²) < 4.78 is 33.3. The molecule has 3 aromatic rings. The number of carbonyl (C=O) groups excluding carboxylic acids is 2. The van der Waals surface area contributed by atoms with Crippen LogP contribution in [0.1, 0.15) is 38.0 Å². The van der Waals surface area contributed by atoms with Crippen molar-refractivity contribution in [3.63, 3.8) is 0 Å². The van der Waals surface area contributed by atoms with Crippen molar-refractivity contribution in [3.8, 4) is 0 Å². The number of piperidine rings is 1. The third kappa shape index (κ3) is 5.63. The highest BCUT2D eigenvalue weighted by Gasteiger charge is 2.29. The van der Waals surface area contributed by atoms with Crippen LogP contribution in [0.25, 0.3) is 17.0 Å². The molecule has 1 fully saturated rings. The van der Waals surface area contributed by atoms with Gasteiger partial charge in [0.2, 0.25) is 21.8 Å². The van der Waals surface area contributed by atoms with Crippen molar-refractivity contribution < 1.29 is 22.4 Å². The molecule has 0 atom stereocenters. The van der Waals surface area contributed by atoms with Crippen molar-refractivity contribution in [1.82, 2.24) is 9.62 Å². The fourth-order valence-electron chi connectivity index (χ4n) is 4.27. The van der Waals surface area contributed by atoms with Gasteiger partial charge in [0.25, 0.3) is 0 Å². The van der Waals surface area contributed by atoms with Gasteiger partial charge in [-0.2, -0.15) is 4.31 Å². The topological polar surface area (TPSA) is 109 Å². The summed E-state index contributed by atoms with van der Waals surface area (Å²) >= 11 is 0. The second kappa shape index (κ2) is 10.5. The predicted octanol–water partition coefficient (Wildman–Crippen LogP) is 3.94. The molecule has 1 aromatic heterocycles. The Hall–Kier alpha value is -3.43. The summed E-state index contributed by atoms with van der Waals surface area (Å²) in [5.41, 5.74) is 2.24. The summed E-state index contributed by atoms with van der Waals surface area (Å²) in [6.07, 6.45) is 5.06. The van der Waals surface area contributed by atoms with Crippen molar-refractivity contribution in [2.75, 3.05) is 18.4 Å². The number of sulfonamides is 1. The van der Waals surface area contributed by atoms with Crippen LogP contribution in [0.4, 0.5) is 5.69 Å². The van der Waals surface area contributed by atoms with E-state index < -0.39 is 10.0 Å². The van der Waals surface area contributed by atoms with Gasteiger partial charge >= 0.3 is 0 Å². The van der Waals surface area contributed by atoms with E-state index in [1.54, 1.807) is 18.2 Å². The number of nitrogens with zero attached hydrogens (tertiary/aromatic N) is 1. The molecule has 1 saturated heterocycles. The van der Waals surface area contributed by atoms with E-state index in [2.05, 4.69) is 10.6 Å². The minimum Gasteiger partial charge on any atom is -0.460 e. The number of anilines is 1.